The van der Waals surface area contributed by atoms with Gasteiger partial charge in [-0.1, -0.05) is 18.2 Å². The Balaban J connectivity index is 1.37. The minimum atomic E-state index is -2.93. The van der Waals surface area contributed by atoms with Crippen molar-refractivity contribution in [2.75, 3.05) is 26.3 Å². The molecule has 3 fully saturated rings. The van der Waals surface area contributed by atoms with Gasteiger partial charge in [-0.3, -0.25) is 9.59 Å². The number of nitrogens with zero attached hydrogens (tertiary/aromatic N) is 4. The van der Waals surface area contributed by atoms with Gasteiger partial charge in [0.25, 0.3) is 5.91 Å². The van der Waals surface area contributed by atoms with Gasteiger partial charge in [-0.05, 0) is 49.1 Å². The largest absolute Gasteiger partial charge is 0.378 e. The van der Waals surface area contributed by atoms with Crippen LogP contribution < -0.4 is 0 Å². The SMILES string of the molecule is N#CC1(CC(=O)[C@@H]2CC(F)(F)CC[C@H]2c2nn3ccccc3c2-c2ccc(C(=O)N3CCOCC3)cc2)CC1. The number of benzene rings is 1. The van der Waals surface area contributed by atoms with E-state index in [-0.39, 0.29) is 31.0 Å². The fourth-order valence-electron chi connectivity index (χ4n) is 6.04. The number of fused-ring (bicyclic) bond motifs is 1. The number of hydrogen-bond donors (Lipinski definition) is 0. The standard InChI is InChI=1S/C30H30F2N4O3/c31-30(32)9-8-22(23(17-30)25(37)18-29(19-33)10-11-29)27-26(24-3-1-2-12-36(24)34-27)20-4-6-21(7-5-20)28(38)35-13-15-39-16-14-35/h1-7,12,22-23H,8-11,13-18H2/t22-,23-/m1/s1. The van der Waals surface area contributed by atoms with E-state index < -0.39 is 29.6 Å². The number of nitriles is 1. The van der Waals surface area contributed by atoms with Crippen LogP contribution in [0.25, 0.3) is 16.6 Å². The molecule has 39 heavy (non-hydrogen) atoms. The van der Waals surface area contributed by atoms with Gasteiger partial charge in [-0.2, -0.15) is 10.4 Å². The fourth-order valence-corrected chi connectivity index (χ4v) is 6.04. The molecule has 6 rings (SSSR count). The number of ether oxygens (including phenoxy) is 1. The molecule has 3 aromatic rings. The summed E-state index contributed by atoms with van der Waals surface area (Å²) in [7, 11) is 0. The van der Waals surface area contributed by atoms with Crippen molar-refractivity contribution in [2.45, 2.75) is 50.4 Å². The number of Topliss-reactive ketones (excluding diaryl/α,β-unsaturated/α-hetero) is 1. The van der Waals surface area contributed by atoms with Crippen molar-refractivity contribution in [3.63, 3.8) is 0 Å². The summed E-state index contributed by atoms with van der Waals surface area (Å²) in [6.45, 7) is 2.14. The zero-order valence-electron chi connectivity index (χ0n) is 21.6. The Morgan fingerprint density at radius 1 is 1.08 bits per heavy atom. The number of morpholine rings is 1. The fraction of sp³-hybridized carbons (Fsp3) is 0.467. The van der Waals surface area contributed by atoms with Crippen molar-refractivity contribution in [1.29, 1.82) is 5.26 Å². The molecule has 1 aliphatic heterocycles. The van der Waals surface area contributed by atoms with Crippen LogP contribution in [0.5, 0.6) is 0 Å². The maximum atomic E-state index is 14.6. The van der Waals surface area contributed by atoms with Crippen LogP contribution in [0.4, 0.5) is 8.78 Å². The number of pyridine rings is 1. The van der Waals surface area contributed by atoms with Gasteiger partial charge in [0, 0.05) is 61.5 Å². The lowest BCUT2D eigenvalue weighted by Gasteiger charge is -2.35. The number of ketones is 1. The van der Waals surface area contributed by atoms with Gasteiger partial charge in [0.1, 0.15) is 5.78 Å². The zero-order valence-corrected chi connectivity index (χ0v) is 21.6. The van der Waals surface area contributed by atoms with Crippen molar-refractivity contribution in [2.24, 2.45) is 11.3 Å². The van der Waals surface area contributed by atoms with E-state index in [2.05, 4.69) is 6.07 Å². The quantitative estimate of drug-likeness (QED) is 0.433. The number of alkyl halides is 2. The van der Waals surface area contributed by atoms with Crippen LogP contribution in [0.15, 0.2) is 48.7 Å². The van der Waals surface area contributed by atoms with Crippen LogP contribution in [0.1, 0.15) is 60.5 Å². The molecule has 0 radical (unpaired) electrons. The number of halogens is 2. The van der Waals surface area contributed by atoms with Crippen LogP contribution in [0, 0.1) is 22.7 Å². The van der Waals surface area contributed by atoms with Crippen molar-refractivity contribution in [1.82, 2.24) is 14.5 Å². The van der Waals surface area contributed by atoms with E-state index in [4.69, 9.17) is 9.84 Å². The normalized spacial score (nSPS) is 23.8. The topological polar surface area (TPSA) is 87.7 Å². The summed E-state index contributed by atoms with van der Waals surface area (Å²) in [5.74, 6) is -4.66. The van der Waals surface area contributed by atoms with Crippen LogP contribution in [0.3, 0.4) is 0 Å². The van der Waals surface area contributed by atoms with Crippen molar-refractivity contribution in [3.05, 3.63) is 59.9 Å². The molecule has 0 unspecified atom stereocenters. The highest BCUT2D eigenvalue weighted by Gasteiger charge is 2.51. The first kappa shape index (κ1) is 25.6. The highest BCUT2D eigenvalue weighted by molar-refractivity contribution is 5.95. The van der Waals surface area contributed by atoms with Crippen LogP contribution >= 0.6 is 0 Å². The third-order valence-corrected chi connectivity index (χ3v) is 8.48. The molecule has 0 spiro atoms. The Hall–Kier alpha value is -3.64. The molecule has 202 valence electrons. The highest BCUT2D eigenvalue weighted by atomic mass is 19.3. The lowest BCUT2D eigenvalue weighted by molar-refractivity contribution is -0.132. The third-order valence-electron chi connectivity index (χ3n) is 8.48. The molecule has 1 aromatic carbocycles. The van der Waals surface area contributed by atoms with E-state index in [9.17, 15) is 23.6 Å². The van der Waals surface area contributed by atoms with Gasteiger partial charge < -0.3 is 9.64 Å². The first-order valence-electron chi connectivity index (χ1n) is 13.6. The van der Waals surface area contributed by atoms with Crippen LogP contribution in [-0.2, 0) is 9.53 Å². The van der Waals surface area contributed by atoms with E-state index >= 15 is 0 Å². The van der Waals surface area contributed by atoms with E-state index in [1.165, 1.54) is 0 Å². The predicted molar refractivity (Wildman–Crippen MR) is 139 cm³/mol. The molecule has 1 saturated heterocycles. The lowest BCUT2D eigenvalue weighted by atomic mass is 9.71. The van der Waals surface area contributed by atoms with E-state index in [1.807, 2.05) is 36.5 Å². The minimum absolute atomic E-state index is 0.0157. The summed E-state index contributed by atoms with van der Waals surface area (Å²) in [6, 6.07) is 15.2. The first-order chi connectivity index (χ1) is 18.8. The van der Waals surface area contributed by atoms with Gasteiger partial charge in [0.15, 0.2) is 0 Å². The molecule has 2 aliphatic carbocycles. The molecular weight excluding hydrogens is 502 g/mol. The minimum Gasteiger partial charge on any atom is -0.378 e. The molecule has 2 atom stereocenters. The third kappa shape index (κ3) is 4.94. The Morgan fingerprint density at radius 3 is 2.51 bits per heavy atom. The van der Waals surface area contributed by atoms with Crippen molar-refractivity contribution in [3.8, 4) is 17.2 Å². The average molecular weight is 533 g/mol. The Bertz CT molecular complexity index is 1450. The molecule has 9 heteroatoms. The smallest absolute Gasteiger partial charge is 0.254 e. The van der Waals surface area contributed by atoms with E-state index in [0.29, 0.717) is 50.4 Å². The Morgan fingerprint density at radius 2 is 1.82 bits per heavy atom. The monoisotopic (exact) mass is 532 g/mol. The van der Waals surface area contributed by atoms with Gasteiger partial charge in [-0.25, -0.2) is 13.3 Å². The molecule has 7 nitrogen and oxygen atoms in total. The van der Waals surface area contributed by atoms with Crippen LogP contribution in [0.2, 0.25) is 0 Å². The Labute approximate surface area is 225 Å². The summed E-state index contributed by atoms with van der Waals surface area (Å²) < 4.78 is 36.4. The van der Waals surface area contributed by atoms with Gasteiger partial charge in [0.2, 0.25) is 5.92 Å². The van der Waals surface area contributed by atoms with Crippen molar-refractivity contribution < 1.29 is 23.1 Å². The number of aromatic nitrogens is 2. The molecule has 3 aliphatic rings. The number of amides is 1. The highest BCUT2D eigenvalue weighted by Crippen LogP contribution is 2.52. The second kappa shape index (κ2) is 9.83. The molecular formula is C30H30F2N4O3. The second-order valence-electron chi connectivity index (χ2n) is 11.1. The number of hydrogen-bond acceptors (Lipinski definition) is 5. The number of carbonyl (C=O) groups is 2. The summed E-state index contributed by atoms with van der Waals surface area (Å²) >= 11 is 0. The summed E-state index contributed by atoms with van der Waals surface area (Å²) in [4.78, 5) is 28.2. The Kier molecular flexibility index (Phi) is 6.46. The molecule has 2 aromatic heterocycles. The molecule has 2 saturated carbocycles. The second-order valence-corrected chi connectivity index (χ2v) is 11.1. The summed E-state index contributed by atoms with van der Waals surface area (Å²) in [5, 5.41) is 14.3. The number of carbonyl (C=O) groups excluding carboxylic acids is 2. The molecule has 1 amide bonds. The molecule has 0 bridgehead atoms. The predicted octanol–water partition coefficient (Wildman–Crippen LogP) is 5.26. The first-order valence-corrected chi connectivity index (χ1v) is 13.6. The van der Waals surface area contributed by atoms with Gasteiger partial charge >= 0.3 is 0 Å². The number of rotatable bonds is 6. The lowest BCUT2D eigenvalue weighted by Crippen LogP contribution is -2.40. The van der Waals surface area contributed by atoms with E-state index in [1.54, 1.807) is 21.5 Å². The molecule has 3 heterocycles. The molecule has 0 N–H and O–H groups in total. The van der Waals surface area contributed by atoms with E-state index in [0.717, 1.165) is 16.6 Å². The average Bonchev–Trinajstić information content (AvgIpc) is 3.62. The maximum absolute atomic E-state index is 14.6. The van der Waals surface area contributed by atoms with Gasteiger partial charge in [-0.15, -0.1) is 0 Å². The zero-order chi connectivity index (χ0) is 27.2. The maximum Gasteiger partial charge on any atom is 0.254 e. The summed E-state index contributed by atoms with van der Waals surface area (Å²) in [5.41, 5.74) is 2.89. The van der Waals surface area contributed by atoms with Crippen LogP contribution in [-0.4, -0.2) is 58.4 Å². The summed E-state index contributed by atoms with van der Waals surface area (Å²) in [6.07, 6.45) is 2.39. The van der Waals surface area contributed by atoms with Crippen molar-refractivity contribution >= 4 is 17.2 Å². The van der Waals surface area contributed by atoms with Gasteiger partial charge in [0.05, 0.1) is 35.9 Å².